The van der Waals surface area contributed by atoms with Gasteiger partial charge in [0.15, 0.2) is 0 Å². The maximum absolute atomic E-state index is 13.5. The predicted octanol–water partition coefficient (Wildman–Crippen LogP) is 4.18. The zero-order chi connectivity index (χ0) is 13.8. The van der Waals surface area contributed by atoms with E-state index in [4.69, 9.17) is 10.00 Å². The molecule has 0 aliphatic rings. The van der Waals surface area contributed by atoms with E-state index in [1.165, 1.54) is 36.4 Å². The van der Waals surface area contributed by atoms with Crippen molar-refractivity contribution in [2.24, 2.45) is 0 Å². The predicted molar refractivity (Wildman–Crippen MR) is 69.5 cm³/mol. The minimum atomic E-state index is -0.466. The smallest absolute Gasteiger partial charge is 0.136 e. The standard InChI is InChI=1S/C14H8BrF2NO/c15-12-3-2-11(16)6-14(12)19-8-10-5-9(7-18)1-4-13(10)17/h1-6H,8H2. The lowest BCUT2D eigenvalue weighted by Crippen LogP contribution is -2.00. The average Bonchev–Trinajstić information content (AvgIpc) is 2.41. The second-order valence-electron chi connectivity index (χ2n) is 3.78. The van der Waals surface area contributed by atoms with Gasteiger partial charge in [-0.3, -0.25) is 0 Å². The number of hydrogen-bond acceptors (Lipinski definition) is 2. The molecule has 0 amide bonds. The molecule has 0 aliphatic heterocycles. The van der Waals surface area contributed by atoms with E-state index in [2.05, 4.69) is 15.9 Å². The van der Waals surface area contributed by atoms with Gasteiger partial charge in [-0.15, -0.1) is 0 Å². The van der Waals surface area contributed by atoms with Crippen molar-refractivity contribution in [3.8, 4) is 11.8 Å². The summed E-state index contributed by atoms with van der Waals surface area (Å²) in [6.07, 6.45) is 0. The van der Waals surface area contributed by atoms with Gasteiger partial charge in [-0.2, -0.15) is 5.26 Å². The molecule has 0 spiro atoms. The molecular weight excluding hydrogens is 316 g/mol. The molecule has 0 N–H and O–H groups in total. The molecule has 0 aliphatic carbocycles. The molecule has 0 atom stereocenters. The molecule has 0 heterocycles. The van der Waals surface area contributed by atoms with Gasteiger partial charge in [0.2, 0.25) is 0 Å². The molecule has 0 fully saturated rings. The molecule has 96 valence electrons. The Morgan fingerprint density at radius 1 is 1.16 bits per heavy atom. The molecular formula is C14H8BrF2NO. The van der Waals surface area contributed by atoms with Gasteiger partial charge in [-0.25, -0.2) is 8.78 Å². The first-order valence-corrected chi connectivity index (χ1v) is 6.16. The molecule has 19 heavy (non-hydrogen) atoms. The Bertz CT molecular complexity index is 652. The Kier molecular flexibility index (Phi) is 4.13. The third-order valence-corrected chi connectivity index (χ3v) is 3.11. The fourth-order valence-corrected chi connectivity index (χ4v) is 1.86. The average molecular weight is 324 g/mol. The number of nitriles is 1. The van der Waals surface area contributed by atoms with Gasteiger partial charge in [-0.1, -0.05) is 0 Å². The number of nitrogens with zero attached hydrogens (tertiary/aromatic N) is 1. The van der Waals surface area contributed by atoms with Crippen molar-refractivity contribution in [3.05, 3.63) is 63.6 Å². The highest BCUT2D eigenvalue weighted by molar-refractivity contribution is 9.10. The SMILES string of the molecule is N#Cc1ccc(F)c(COc2cc(F)ccc2Br)c1. The summed E-state index contributed by atoms with van der Waals surface area (Å²) in [5, 5.41) is 8.75. The van der Waals surface area contributed by atoms with Crippen molar-refractivity contribution < 1.29 is 13.5 Å². The van der Waals surface area contributed by atoms with Gasteiger partial charge in [0.05, 0.1) is 16.1 Å². The first kappa shape index (κ1) is 13.5. The quantitative estimate of drug-likeness (QED) is 0.849. The molecule has 0 saturated heterocycles. The van der Waals surface area contributed by atoms with Crippen molar-refractivity contribution >= 4 is 15.9 Å². The maximum Gasteiger partial charge on any atom is 0.136 e. The van der Waals surface area contributed by atoms with E-state index in [9.17, 15) is 8.78 Å². The van der Waals surface area contributed by atoms with Crippen LogP contribution in [0.4, 0.5) is 8.78 Å². The largest absolute Gasteiger partial charge is 0.488 e. The van der Waals surface area contributed by atoms with Gasteiger partial charge in [0.25, 0.3) is 0 Å². The van der Waals surface area contributed by atoms with Crippen LogP contribution >= 0.6 is 15.9 Å². The normalized spacial score (nSPS) is 10.0. The summed E-state index contributed by atoms with van der Waals surface area (Å²) in [5.41, 5.74) is 0.591. The minimum Gasteiger partial charge on any atom is -0.488 e. The third-order valence-electron chi connectivity index (χ3n) is 2.45. The van der Waals surface area contributed by atoms with Crippen molar-refractivity contribution in [3.63, 3.8) is 0 Å². The lowest BCUT2D eigenvalue weighted by Gasteiger charge is -2.09. The lowest BCUT2D eigenvalue weighted by atomic mass is 10.1. The van der Waals surface area contributed by atoms with Crippen LogP contribution in [0.5, 0.6) is 5.75 Å². The Labute approximate surface area is 117 Å². The van der Waals surface area contributed by atoms with Gasteiger partial charge in [0.1, 0.15) is 24.0 Å². The third kappa shape index (κ3) is 3.30. The van der Waals surface area contributed by atoms with E-state index in [-0.39, 0.29) is 17.9 Å². The fourth-order valence-electron chi connectivity index (χ4n) is 1.50. The summed E-state index contributed by atoms with van der Waals surface area (Å²) in [6.45, 7) is -0.0800. The highest BCUT2D eigenvalue weighted by Crippen LogP contribution is 2.26. The molecule has 0 bridgehead atoms. The molecule has 0 radical (unpaired) electrons. The molecule has 0 saturated carbocycles. The van der Waals surface area contributed by atoms with Crippen molar-refractivity contribution in [2.75, 3.05) is 0 Å². The topological polar surface area (TPSA) is 33.0 Å². The summed E-state index contributed by atoms with van der Waals surface area (Å²) in [6, 6.07) is 9.92. The number of ether oxygens (including phenoxy) is 1. The molecule has 2 rings (SSSR count). The van der Waals surface area contributed by atoms with E-state index in [1.54, 1.807) is 0 Å². The minimum absolute atomic E-state index is 0.0800. The summed E-state index contributed by atoms with van der Waals surface area (Å²) < 4.78 is 32.5. The van der Waals surface area contributed by atoms with Crippen LogP contribution in [-0.4, -0.2) is 0 Å². The van der Waals surface area contributed by atoms with E-state index in [1.807, 2.05) is 6.07 Å². The van der Waals surface area contributed by atoms with Crippen LogP contribution in [0, 0.1) is 23.0 Å². The lowest BCUT2D eigenvalue weighted by molar-refractivity contribution is 0.296. The van der Waals surface area contributed by atoms with E-state index in [0.717, 1.165) is 0 Å². The van der Waals surface area contributed by atoms with Crippen LogP contribution in [0.2, 0.25) is 0 Å². The number of benzene rings is 2. The Hall–Kier alpha value is -1.93. The zero-order valence-corrected chi connectivity index (χ0v) is 11.2. The first-order valence-electron chi connectivity index (χ1n) is 5.36. The van der Waals surface area contributed by atoms with Crippen LogP contribution in [0.15, 0.2) is 40.9 Å². The maximum atomic E-state index is 13.5. The van der Waals surface area contributed by atoms with Crippen molar-refractivity contribution in [1.82, 2.24) is 0 Å². The van der Waals surface area contributed by atoms with Crippen LogP contribution in [0.1, 0.15) is 11.1 Å². The number of rotatable bonds is 3. The second kappa shape index (κ2) is 5.81. The Balaban J connectivity index is 2.19. The van der Waals surface area contributed by atoms with E-state index in [0.29, 0.717) is 10.0 Å². The van der Waals surface area contributed by atoms with Gasteiger partial charge in [0, 0.05) is 11.6 Å². The van der Waals surface area contributed by atoms with Gasteiger partial charge in [-0.05, 0) is 46.3 Å². The fraction of sp³-hybridized carbons (Fsp3) is 0.0714. The molecule has 0 unspecified atom stereocenters. The highest BCUT2D eigenvalue weighted by atomic mass is 79.9. The van der Waals surface area contributed by atoms with Crippen LogP contribution < -0.4 is 4.74 Å². The number of halogens is 3. The summed E-state index contributed by atoms with van der Waals surface area (Å²) in [4.78, 5) is 0. The highest BCUT2D eigenvalue weighted by Gasteiger charge is 2.07. The van der Waals surface area contributed by atoms with Crippen LogP contribution in [0.3, 0.4) is 0 Å². The summed E-state index contributed by atoms with van der Waals surface area (Å²) in [7, 11) is 0. The zero-order valence-electron chi connectivity index (χ0n) is 9.66. The summed E-state index contributed by atoms with van der Waals surface area (Å²) >= 11 is 3.21. The second-order valence-corrected chi connectivity index (χ2v) is 4.64. The summed E-state index contributed by atoms with van der Waals surface area (Å²) in [5.74, 6) is -0.627. The molecule has 2 aromatic rings. The van der Waals surface area contributed by atoms with E-state index >= 15 is 0 Å². The van der Waals surface area contributed by atoms with Crippen molar-refractivity contribution in [2.45, 2.75) is 6.61 Å². The molecule has 0 aromatic heterocycles. The van der Waals surface area contributed by atoms with Crippen molar-refractivity contribution in [1.29, 1.82) is 5.26 Å². The Morgan fingerprint density at radius 2 is 1.95 bits per heavy atom. The monoisotopic (exact) mass is 323 g/mol. The van der Waals surface area contributed by atoms with E-state index < -0.39 is 11.6 Å². The van der Waals surface area contributed by atoms with Gasteiger partial charge >= 0.3 is 0 Å². The first-order chi connectivity index (χ1) is 9.10. The number of hydrogen-bond donors (Lipinski definition) is 0. The Morgan fingerprint density at radius 3 is 2.68 bits per heavy atom. The molecule has 2 nitrogen and oxygen atoms in total. The molecule has 2 aromatic carbocycles. The van der Waals surface area contributed by atoms with Crippen LogP contribution in [0.25, 0.3) is 0 Å². The van der Waals surface area contributed by atoms with Crippen LogP contribution in [-0.2, 0) is 6.61 Å². The molecule has 5 heteroatoms. The van der Waals surface area contributed by atoms with Gasteiger partial charge < -0.3 is 4.74 Å².